The van der Waals surface area contributed by atoms with Crippen LogP contribution in [-0.4, -0.2) is 28.6 Å². The maximum atomic E-state index is 13.1. The van der Waals surface area contributed by atoms with Gasteiger partial charge in [0.05, 0.1) is 11.3 Å². The fourth-order valence-corrected chi connectivity index (χ4v) is 4.60. The zero-order valence-electron chi connectivity index (χ0n) is 16.2. The van der Waals surface area contributed by atoms with E-state index >= 15 is 0 Å². The Balaban J connectivity index is 1.41. The van der Waals surface area contributed by atoms with Crippen molar-refractivity contribution in [3.63, 3.8) is 0 Å². The molecule has 2 unspecified atom stereocenters. The third-order valence-electron chi connectivity index (χ3n) is 6.17. The number of hydrogen-bond donors (Lipinski definition) is 0. The van der Waals surface area contributed by atoms with Crippen LogP contribution in [0.2, 0.25) is 0 Å². The molecule has 144 valence electrons. The van der Waals surface area contributed by atoms with Crippen LogP contribution in [0.5, 0.6) is 5.75 Å². The summed E-state index contributed by atoms with van der Waals surface area (Å²) in [5, 5.41) is 3.95. The minimum absolute atomic E-state index is 0.170. The van der Waals surface area contributed by atoms with E-state index in [1.807, 2.05) is 38.1 Å². The summed E-state index contributed by atoms with van der Waals surface area (Å²) >= 11 is 0. The summed E-state index contributed by atoms with van der Waals surface area (Å²) in [5.74, 6) is 2.41. The van der Waals surface area contributed by atoms with E-state index < -0.39 is 0 Å². The number of carbonyl (C=O) groups excluding carboxylic acids is 1. The number of rotatable bonds is 4. The Bertz CT molecular complexity index is 775. The summed E-state index contributed by atoms with van der Waals surface area (Å²) < 4.78 is 11.0. The van der Waals surface area contributed by atoms with Crippen LogP contribution in [0.15, 0.2) is 28.8 Å². The van der Waals surface area contributed by atoms with Crippen molar-refractivity contribution in [2.24, 2.45) is 5.92 Å². The lowest BCUT2D eigenvalue weighted by Gasteiger charge is -2.44. The van der Waals surface area contributed by atoms with Gasteiger partial charge in [-0.15, -0.1) is 0 Å². The first-order valence-corrected chi connectivity index (χ1v) is 10.1. The number of benzene rings is 1. The number of ether oxygens (including phenoxy) is 1. The van der Waals surface area contributed by atoms with E-state index in [9.17, 15) is 4.79 Å². The lowest BCUT2D eigenvalue weighted by Crippen LogP contribution is -2.49. The van der Waals surface area contributed by atoms with Gasteiger partial charge >= 0.3 is 0 Å². The predicted molar refractivity (Wildman–Crippen MR) is 103 cm³/mol. The van der Waals surface area contributed by atoms with Crippen molar-refractivity contribution in [2.45, 2.75) is 65.0 Å². The van der Waals surface area contributed by atoms with Crippen LogP contribution in [0.1, 0.15) is 65.9 Å². The lowest BCUT2D eigenvalue weighted by molar-refractivity contribution is 0.0390. The molecule has 0 radical (unpaired) electrons. The highest BCUT2D eigenvalue weighted by Crippen LogP contribution is 2.36. The Morgan fingerprint density at radius 3 is 2.63 bits per heavy atom. The van der Waals surface area contributed by atoms with E-state index in [-0.39, 0.29) is 5.91 Å². The van der Waals surface area contributed by atoms with Crippen molar-refractivity contribution in [2.75, 3.05) is 6.54 Å². The Morgan fingerprint density at radius 2 is 1.89 bits per heavy atom. The molecule has 5 nitrogen and oxygen atoms in total. The maximum absolute atomic E-state index is 13.1. The van der Waals surface area contributed by atoms with E-state index in [1.165, 1.54) is 25.7 Å². The predicted octanol–water partition coefficient (Wildman–Crippen LogP) is 4.67. The SMILES string of the molecule is Cc1noc(C)c1COc1ccc(C(=O)N2CCCC3CCCCC32)cc1. The van der Waals surface area contributed by atoms with Crippen LogP contribution in [0.4, 0.5) is 0 Å². The molecule has 1 aliphatic carbocycles. The van der Waals surface area contributed by atoms with Gasteiger partial charge in [-0.05, 0) is 69.7 Å². The van der Waals surface area contributed by atoms with Crippen LogP contribution in [0.3, 0.4) is 0 Å². The number of hydrogen-bond acceptors (Lipinski definition) is 4. The van der Waals surface area contributed by atoms with Crippen molar-refractivity contribution in [3.8, 4) is 5.75 Å². The highest BCUT2D eigenvalue weighted by atomic mass is 16.5. The number of aromatic nitrogens is 1. The molecule has 2 heterocycles. The summed E-state index contributed by atoms with van der Waals surface area (Å²) in [7, 11) is 0. The molecule has 0 bridgehead atoms. The molecule has 0 spiro atoms. The second-order valence-corrected chi connectivity index (χ2v) is 7.87. The molecule has 1 aliphatic heterocycles. The number of fused-ring (bicyclic) bond motifs is 1. The normalized spacial score (nSPS) is 22.4. The molecule has 1 amide bonds. The van der Waals surface area contributed by atoms with E-state index in [0.717, 1.165) is 47.7 Å². The molecule has 1 aromatic heterocycles. The van der Waals surface area contributed by atoms with Crippen LogP contribution in [0, 0.1) is 19.8 Å². The van der Waals surface area contributed by atoms with E-state index in [4.69, 9.17) is 9.26 Å². The zero-order chi connectivity index (χ0) is 18.8. The number of aryl methyl sites for hydroxylation is 2. The van der Waals surface area contributed by atoms with Gasteiger partial charge < -0.3 is 14.2 Å². The topological polar surface area (TPSA) is 55.6 Å². The molecule has 2 aliphatic rings. The van der Waals surface area contributed by atoms with E-state index in [2.05, 4.69) is 10.1 Å². The molecule has 2 fully saturated rings. The van der Waals surface area contributed by atoms with Crippen LogP contribution >= 0.6 is 0 Å². The smallest absolute Gasteiger partial charge is 0.254 e. The van der Waals surface area contributed by atoms with Gasteiger partial charge in [0.25, 0.3) is 5.91 Å². The van der Waals surface area contributed by atoms with E-state index in [1.54, 1.807) is 0 Å². The molecule has 1 saturated carbocycles. The largest absolute Gasteiger partial charge is 0.489 e. The maximum Gasteiger partial charge on any atom is 0.254 e. The first-order valence-electron chi connectivity index (χ1n) is 10.1. The summed E-state index contributed by atoms with van der Waals surface area (Å²) in [6.45, 7) is 5.11. The Morgan fingerprint density at radius 1 is 1.15 bits per heavy atom. The zero-order valence-corrected chi connectivity index (χ0v) is 16.2. The first kappa shape index (κ1) is 18.1. The molecule has 27 heavy (non-hydrogen) atoms. The number of amides is 1. The minimum Gasteiger partial charge on any atom is -0.489 e. The molecule has 2 aromatic rings. The average molecular weight is 368 g/mol. The molecule has 5 heteroatoms. The van der Waals surface area contributed by atoms with Crippen molar-refractivity contribution < 1.29 is 14.1 Å². The van der Waals surface area contributed by atoms with Gasteiger partial charge in [-0.25, -0.2) is 0 Å². The van der Waals surface area contributed by atoms with Gasteiger partial charge in [0.15, 0.2) is 0 Å². The number of carbonyl (C=O) groups is 1. The molecule has 2 atom stereocenters. The fourth-order valence-electron chi connectivity index (χ4n) is 4.60. The van der Waals surface area contributed by atoms with Gasteiger partial charge in [-0.3, -0.25) is 4.79 Å². The van der Waals surface area contributed by atoms with Crippen LogP contribution in [-0.2, 0) is 6.61 Å². The quantitative estimate of drug-likeness (QED) is 0.787. The summed E-state index contributed by atoms with van der Waals surface area (Å²) in [6.07, 6.45) is 7.42. The fraction of sp³-hybridized carbons (Fsp3) is 0.545. The highest BCUT2D eigenvalue weighted by Gasteiger charge is 2.35. The van der Waals surface area contributed by atoms with Gasteiger partial charge in [-0.1, -0.05) is 18.0 Å². The Labute approximate surface area is 160 Å². The molecule has 4 rings (SSSR count). The number of likely N-dealkylation sites (tertiary alicyclic amines) is 1. The summed E-state index contributed by atoms with van der Waals surface area (Å²) in [5.41, 5.74) is 2.59. The minimum atomic E-state index is 0.170. The van der Waals surface area contributed by atoms with Crippen LogP contribution < -0.4 is 4.74 Å². The van der Waals surface area contributed by atoms with Crippen molar-refractivity contribution in [1.82, 2.24) is 10.1 Å². The third kappa shape index (κ3) is 3.73. The first-order chi connectivity index (χ1) is 13.1. The van der Waals surface area contributed by atoms with Crippen molar-refractivity contribution >= 4 is 5.91 Å². The molecule has 1 saturated heterocycles. The Kier molecular flexibility index (Phi) is 5.19. The van der Waals surface area contributed by atoms with Crippen molar-refractivity contribution in [3.05, 3.63) is 46.8 Å². The Hall–Kier alpha value is -2.30. The third-order valence-corrected chi connectivity index (χ3v) is 6.17. The summed E-state index contributed by atoms with van der Waals surface area (Å²) in [4.78, 5) is 15.2. The monoisotopic (exact) mass is 368 g/mol. The van der Waals surface area contributed by atoms with E-state index in [0.29, 0.717) is 18.6 Å². The lowest BCUT2D eigenvalue weighted by atomic mass is 9.78. The standard InChI is InChI=1S/C22H28N2O3/c1-15-20(16(2)27-23-15)14-26-19-11-9-18(10-12-19)22(25)24-13-5-7-17-6-3-4-8-21(17)24/h9-12,17,21H,3-8,13-14H2,1-2H3. The summed E-state index contributed by atoms with van der Waals surface area (Å²) in [6, 6.07) is 7.98. The molecule has 1 aromatic carbocycles. The highest BCUT2D eigenvalue weighted by molar-refractivity contribution is 5.94. The number of piperidine rings is 1. The second kappa shape index (κ2) is 7.75. The molecule has 0 N–H and O–H groups in total. The van der Waals surface area contributed by atoms with Gasteiger partial charge in [0.2, 0.25) is 0 Å². The average Bonchev–Trinajstić information content (AvgIpc) is 3.03. The van der Waals surface area contributed by atoms with Gasteiger partial charge in [-0.2, -0.15) is 0 Å². The molecular weight excluding hydrogens is 340 g/mol. The number of nitrogens with zero attached hydrogens (tertiary/aromatic N) is 2. The van der Waals surface area contributed by atoms with Gasteiger partial charge in [0.1, 0.15) is 18.1 Å². The molecular formula is C22H28N2O3. The van der Waals surface area contributed by atoms with Crippen LogP contribution in [0.25, 0.3) is 0 Å². The van der Waals surface area contributed by atoms with Gasteiger partial charge in [0, 0.05) is 18.2 Å². The van der Waals surface area contributed by atoms with Crippen molar-refractivity contribution in [1.29, 1.82) is 0 Å². The second-order valence-electron chi connectivity index (χ2n) is 7.87.